The zero-order valence-electron chi connectivity index (χ0n) is 20.7. The zero-order valence-corrected chi connectivity index (χ0v) is 23.1. The molecule has 0 atom stereocenters. The van der Waals surface area contributed by atoms with E-state index in [0.717, 1.165) is 31.4 Å². The van der Waals surface area contributed by atoms with E-state index in [1.807, 2.05) is 26.8 Å². The van der Waals surface area contributed by atoms with Crippen LogP contribution in [0.2, 0.25) is 0 Å². The van der Waals surface area contributed by atoms with Crippen molar-refractivity contribution in [1.29, 1.82) is 0 Å². The first-order chi connectivity index (χ1) is 17.7. The van der Waals surface area contributed by atoms with Crippen molar-refractivity contribution in [3.63, 3.8) is 0 Å². The number of hydrogen-bond acceptors (Lipinski definition) is 4. The number of anilines is 1. The molecule has 4 rings (SSSR count). The number of amides is 1. The van der Waals surface area contributed by atoms with Crippen LogP contribution >= 0.6 is 15.9 Å². The number of carbonyl (C=O) groups is 1. The molecule has 0 aliphatic rings. The summed E-state index contributed by atoms with van der Waals surface area (Å²) >= 11 is 3.36. The minimum atomic E-state index is -3.98. The number of aromatic nitrogens is 1. The van der Waals surface area contributed by atoms with Gasteiger partial charge in [0, 0.05) is 27.1 Å². The predicted molar refractivity (Wildman–Crippen MR) is 151 cm³/mol. The molecule has 0 spiro atoms. The van der Waals surface area contributed by atoms with Crippen LogP contribution in [0.4, 0.5) is 5.69 Å². The highest BCUT2D eigenvalue weighted by Gasteiger charge is 2.27. The molecular formula is C28H27BrN4O3S. The monoisotopic (exact) mass is 578 g/mol. The number of carbonyl (C=O) groups excluding carboxylic acids is 1. The summed E-state index contributed by atoms with van der Waals surface area (Å²) in [6.45, 7) is 5.60. The molecule has 0 fully saturated rings. The number of rotatable bonds is 8. The largest absolute Gasteiger partial charge is 0.318 e. The van der Waals surface area contributed by atoms with Crippen LogP contribution < -0.4 is 9.73 Å². The molecule has 37 heavy (non-hydrogen) atoms. The summed E-state index contributed by atoms with van der Waals surface area (Å²) in [7, 11) is -3.98. The fourth-order valence-corrected chi connectivity index (χ4v) is 5.70. The van der Waals surface area contributed by atoms with E-state index in [9.17, 15) is 13.2 Å². The minimum Gasteiger partial charge on any atom is -0.318 e. The van der Waals surface area contributed by atoms with Crippen molar-refractivity contribution >= 4 is 43.8 Å². The van der Waals surface area contributed by atoms with E-state index in [-0.39, 0.29) is 4.90 Å². The molecule has 0 saturated carbocycles. The van der Waals surface area contributed by atoms with Gasteiger partial charge in [-0.15, -0.1) is 0 Å². The van der Waals surface area contributed by atoms with Crippen molar-refractivity contribution in [2.75, 3.05) is 10.8 Å². The molecular weight excluding hydrogens is 552 g/mol. The lowest BCUT2D eigenvalue weighted by Crippen LogP contribution is -2.39. The van der Waals surface area contributed by atoms with E-state index in [1.165, 1.54) is 17.7 Å². The summed E-state index contributed by atoms with van der Waals surface area (Å²) in [5, 5.41) is 4.11. The third kappa shape index (κ3) is 6.00. The van der Waals surface area contributed by atoms with Crippen LogP contribution in [-0.2, 0) is 14.8 Å². The molecule has 1 amide bonds. The van der Waals surface area contributed by atoms with Gasteiger partial charge in [0.25, 0.3) is 15.9 Å². The summed E-state index contributed by atoms with van der Waals surface area (Å²) in [6, 6.07) is 25.0. The Labute approximate surface area is 225 Å². The first-order valence-electron chi connectivity index (χ1n) is 11.6. The second kappa shape index (κ2) is 11.1. The number of aryl methyl sites for hydroxylation is 2. The van der Waals surface area contributed by atoms with Crippen molar-refractivity contribution in [1.82, 2.24) is 9.99 Å². The van der Waals surface area contributed by atoms with Crippen LogP contribution in [0.5, 0.6) is 0 Å². The summed E-state index contributed by atoms with van der Waals surface area (Å²) in [5.41, 5.74) is 7.92. The highest BCUT2D eigenvalue weighted by atomic mass is 79.9. The Kier molecular flexibility index (Phi) is 7.94. The van der Waals surface area contributed by atoms with Gasteiger partial charge in [-0.2, -0.15) is 5.10 Å². The summed E-state index contributed by atoms with van der Waals surface area (Å²) in [5.74, 6) is -0.564. The van der Waals surface area contributed by atoms with Gasteiger partial charge in [0.2, 0.25) is 0 Å². The quantitative estimate of drug-likeness (QED) is 0.221. The van der Waals surface area contributed by atoms with Gasteiger partial charge in [0.15, 0.2) is 0 Å². The first kappa shape index (κ1) is 26.4. The van der Waals surface area contributed by atoms with E-state index in [4.69, 9.17) is 0 Å². The van der Waals surface area contributed by atoms with Crippen molar-refractivity contribution in [2.45, 2.75) is 25.7 Å². The second-order valence-corrected chi connectivity index (χ2v) is 11.4. The average Bonchev–Trinajstić information content (AvgIpc) is 3.17. The molecule has 0 unspecified atom stereocenters. The zero-order chi connectivity index (χ0) is 26.6. The Hall–Kier alpha value is -3.69. The molecule has 0 radical (unpaired) electrons. The van der Waals surface area contributed by atoms with Gasteiger partial charge in [0.1, 0.15) is 6.54 Å². The number of hydrogen-bond donors (Lipinski definition) is 1. The topological polar surface area (TPSA) is 83.8 Å². The number of benzene rings is 3. The lowest BCUT2D eigenvalue weighted by Gasteiger charge is -2.23. The van der Waals surface area contributed by atoms with Gasteiger partial charge in [-0.3, -0.25) is 9.10 Å². The molecule has 1 aromatic heterocycles. The molecule has 190 valence electrons. The van der Waals surface area contributed by atoms with Crippen molar-refractivity contribution < 1.29 is 13.2 Å². The smallest absolute Gasteiger partial charge is 0.264 e. The molecule has 0 saturated heterocycles. The van der Waals surface area contributed by atoms with Crippen molar-refractivity contribution in [2.24, 2.45) is 5.10 Å². The van der Waals surface area contributed by atoms with Gasteiger partial charge in [-0.05, 0) is 75.4 Å². The molecule has 7 nitrogen and oxygen atoms in total. The Morgan fingerprint density at radius 3 is 2.27 bits per heavy atom. The maximum Gasteiger partial charge on any atom is 0.264 e. The van der Waals surface area contributed by atoms with Gasteiger partial charge in [-0.25, -0.2) is 13.8 Å². The Morgan fingerprint density at radius 1 is 0.973 bits per heavy atom. The Balaban J connectivity index is 1.53. The molecule has 1 N–H and O–H groups in total. The summed E-state index contributed by atoms with van der Waals surface area (Å²) in [6.07, 6.45) is 1.57. The van der Waals surface area contributed by atoms with Crippen LogP contribution in [0.1, 0.15) is 22.5 Å². The van der Waals surface area contributed by atoms with Crippen LogP contribution in [0.25, 0.3) is 5.69 Å². The number of hydrazone groups is 1. The summed E-state index contributed by atoms with van der Waals surface area (Å²) < 4.78 is 30.7. The number of halogens is 1. The van der Waals surface area contributed by atoms with Crippen LogP contribution in [0, 0.1) is 20.8 Å². The highest BCUT2D eigenvalue weighted by molar-refractivity contribution is 9.10. The standard InChI is InChI=1S/C28H27BrN4O3S/c1-20-9-13-26(14-10-20)33-21(2)17-23(22(33)3)18-30-31-28(34)19-32(25-15-11-24(29)12-16-25)37(35,36)27-7-5-4-6-8-27/h4-18H,19H2,1-3H3,(H,31,34)/b30-18-. The van der Waals surface area contributed by atoms with Gasteiger partial charge >= 0.3 is 0 Å². The lowest BCUT2D eigenvalue weighted by molar-refractivity contribution is -0.119. The van der Waals surface area contributed by atoms with Crippen LogP contribution in [0.15, 0.2) is 99.4 Å². The molecule has 0 bridgehead atoms. The van der Waals surface area contributed by atoms with Crippen molar-refractivity contribution in [3.05, 3.63) is 112 Å². The Morgan fingerprint density at radius 2 is 1.62 bits per heavy atom. The number of sulfonamides is 1. The fourth-order valence-electron chi connectivity index (χ4n) is 3.99. The normalized spacial score (nSPS) is 11.6. The highest BCUT2D eigenvalue weighted by Crippen LogP contribution is 2.25. The Bertz CT molecular complexity index is 1530. The fraction of sp³-hybridized carbons (Fsp3) is 0.143. The van der Waals surface area contributed by atoms with E-state index >= 15 is 0 Å². The molecule has 0 aliphatic carbocycles. The van der Waals surface area contributed by atoms with Crippen LogP contribution in [-0.4, -0.2) is 31.7 Å². The maximum atomic E-state index is 13.4. The second-order valence-electron chi connectivity index (χ2n) is 8.59. The molecule has 3 aromatic carbocycles. The minimum absolute atomic E-state index is 0.0952. The molecule has 9 heteroatoms. The lowest BCUT2D eigenvalue weighted by atomic mass is 10.2. The third-order valence-corrected chi connectivity index (χ3v) is 8.21. The third-order valence-electron chi connectivity index (χ3n) is 5.89. The van der Waals surface area contributed by atoms with E-state index in [2.05, 4.69) is 55.3 Å². The van der Waals surface area contributed by atoms with E-state index < -0.39 is 22.5 Å². The van der Waals surface area contributed by atoms with E-state index in [0.29, 0.717) is 5.69 Å². The van der Waals surface area contributed by atoms with Gasteiger partial charge < -0.3 is 4.57 Å². The number of nitrogens with one attached hydrogen (secondary N) is 1. The van der Waals surface area contributed by atoms with Gasteiger partial charge in [-0.1, -0.05) is 51.8 Å². The van der Waals surface area contributed by atoms with Crippen LogP contribution in [0.3, 0.4) is 0 Å². The van der Waals surface area contributed by atoms with Gasteiger partial charge in [0.05, 0.1) is 16.8 Å². The SMILES string of the molecule is Cc1ccc(-n2c(C)cc(/C=N\NC(=O)CN(c3ccc(Br)cc3)S(=O)(=O)c3ccccc3)c2C)cc1. The molecule has 1 heterocycles. The predicted octanol–water partition coefficient (Wildman–Crippen LogP) is 5.51. The number of nitrogens with zero attached hydrogens (tertiary/aromatic N) is 3. The average molecular weight is 580 g/mol. The molecule has 0 aliphatic heterocycles. The van der Waals surface area contributed by atoms with E-state index in [1.54, 1.807) is 48.7 Å². The molecule has 4 aromatic rings. The first-order valence-corrected chi connectivity index (χ1v) is 13.8. The maximum absolute atomic E-state index is 13.4. The van der Waals surface area contributed by atoms with Crippen molar-refractivity contribution in [3.8, 4) is 5.69 Å². The summed E-state index contributed by atoms with van der Waals surface area (Å²) in [4.78, 5) is 12.9.